The molecule has 3 rings (SSSR count). The first-order valence-corrected chi connectivity index (χ1v) is 8.63. The number of methoxy groups -OCH3 is 1. The number of nitrogens with zero attached hydrogens (tertiary/aromatic N) is 5. The number of anilines is 1. The summed E-state index contributed by atoms with van der Waals surface area (Å²) in [5, 5.41) is 12.1. The second-order valence-corrected chi connectivity index (χ2v) is 6.34. The lowest BCUT2D eigenvalue weighted by molar-refractivity contribution is -0.384. The van der Waals surface area contributed by atoms with E-state index in [0.717, 1.165) is 16.7 Å². The Morgan fingerprint density at radius 2 is 2.04 bits per heavy atom. The molecule has 0 atom stereocenters. The molecule has 1 aromatic carbocycles. The predicted octanol–water partition coefficient (Wildman–Crippen LogP) is 2.99. The van der Waals surface area contributed by atoms with Gasteiger partial charge in [-0.3, -0.25) is 14.7 Å². The van der Waals surface area contributed by atoms with Gasteiger partial charge in [0.1, 0.15) is 5.75 Å². The smallest absolute Gasteiger partial charge is 0.328 e. The highest BCUT2D eigenvalue weighted by molar-refractivity contribution is 5.92. The van der Waals surface area contributed by atoms with Crippen LogP contribution < -0.4 is 9.64 Å². The standard InChI is InChI=1S/C19H21N5O4/c1-21(18-17(24(26)27)5-4-9-20-18)11-12-22(2)19(25)23-10-8-14-13-15(28-3)6-7-16(14)23/h4-10,13H,11-12H2,1-3H3. The summed E-state index contributed by atoms with van der Waals surface area (Å²) in [5.41, 5.74) is 0.718. The number of amides is 1. The number of likely N-dealkylation sites (N-methyl/N-ethyl adjacent to an activating group) is 2. The number of pyridine rings is 1. The summed E-state index contributed by atoms with van der Waals surface area (Å²) in [4.78, 5) is 30.8. The second-order valence-electron chi connectivity index (χ2n) is 6.34. The first-order valence-electron chi connectivity index (χ1n) is 8.63. The summed E-state index contributed by atoms with van der Waals surface area (Å²) in [7, 11) is 5.00. The van der Waals surface area contributed by atoms with Crippen LogP contribution in [0.4, 0.5) is 16.3 Å². The topological polar surface area (TPSA) is 93.7 Å². The molecule has 0 aliphatic heterocycles. The molecule has 2 heterocycles. The maximum absolute atomic E-state index is 12.8. The van der Waals surface area contributed by atoms with Crippen molar-refractivity contribution in [3.05, 3.63) is 58.9 Å². The Balaban J connectivity index is 1.71. The number of carbonyl (C=O) groups excluding carboxylic acids is 1. The van der Waals surface area contributed by atoms with E-state index in [-0.39, 0.29) is 17.5 Å². The van der Waals surface area contributed by atoms with Crippen molar-refractivity contribution in [3.63, 3.8) is 0 Å². The van der Waals surface area contributed by atoms with Gasteiger partial charge in [-0.05, 0) is 30.3 Å². The molecular weight excluding hydrogens is 362 g/mol. The van der Waals surface area contributed by atoms with Gasteiger partial charge < -0.3 is 14.5 Å². The largest absolute Gasteiger partial charge is 0.497 e. The third-order valence-corrected chi connectivity index (χ3v) is 4.53. The van der Waals surface area contributed by atoms with Gasteiger partial charge in [-0.15, -0.1) is 0 Å². The highest BCUT2D eigenvalue weighted by atomic mass is 16.6. The van der Waals surface area contributed by atoms with E-state index in [2.05, 4.69) is 4.98 Å². The Morgan fingerprint density at radius 1 is 1.25 bits per heavy atom. The number of fused-ring (bicyclic) bond motifs is 1. The van der Waals surface area contributed by atoms with Gasteiger partial charge in [0.25, 0.3) is 0 Å². The van der Waals surface area contributed by atoms with E-state index in [0.29, 0.717) is 13.1 Å². The van der Waals surface area contributed by atoms with Gasteiger partial charge in [0.05, 0.1) is 17.5 Å². The molecule has 0 N–H and O–H groups in total. The molecule has 9 nitrogen and oxygen atoms in total. The fourth-order valence-corrected chi connectivity index (χ4v) is 2.92. The molecule has 28 heavy (non-hydrogen) atoms. The van der Waals surface area contributed by atoms with Gasteiger partial charge in [0, 0.05) is 51.0 Å². The zero-order valence-corrected chi connectivity index (χ0v) is 15.9. The third kappa shape index (κ3) is 3.73. The van der Waals surface area contributed by atoms with E-state index in [1.165, 1.54) is 18.3 Å². The van der Waals surface area contributed by atoms with Crippen LogP contribution in [0, 0.1) is 10.1 Å². The molecule has 0 aliphatic carbocycles. The second kappa shape index (κ2) is 7.95. The van der Waals surface area contributed by atoms with Crippen molar-refractivity contribution in [2.75, 3.05) is 39.2 Å². The quantitative estimate of drug-likeness (QED) is 0.480. The lowest BCUT2D eigenvalue weighted by Crippen LogP contribution is -2.37. The van der Waals surface area contributed by atoms with E-state index >= 15 is 0 Å². The maximum Gasteiger partial charge on any atom is 0.328 e. The van der Waals surface area contributed by atoms with Gasteiger partial charge in [-0.2, -0.15) is 0 Å². The van der Waals surface area contributed by atoms with E-state index in [9.17, 15) is 14.9 Å². The number of hydrogen-bond acceptors (Lipinski definition) is 6. The van der Waals surface area contributed by atoms with Crippen LogP contribution in [0.5, 0.6) is 5.75 Å². The molecule has 146 valence electrons. The highest BCUT2D eigenvalue weighted by Crippen LogP contribution is 2.24. The Hall–Kier alpha value is -3.62. The van der Waals surface area contributed by atoms with E-state index in [1.54, 1.807) is 47.8 Å². The van der Waals surface area contributed by atoms with E-state index < -0.39 is 4.92 Å². The predicted molar refractivity (Wildman–Crippen MR) is 106 cm³/mol. The van der Waals surface area contributed by atoms with Crippen LogP contribution in [0.15, 0.2) is 48.8 Å². The first kappa shape index (κ1) is 19.2. The summed E-state index contributed by atoms with van der Waals surface area (Å²) in [5.74, 6) is 0.997. The first-order chi connectivity index (χ1) is 13.4. The summed E-state index contributed by atoms with van der Waals surface area (Å²) in [6, 6.07) is 10.1. The molecule has 0 fully saturated rings. The summed E-state index contributed by atoms with van der Waals surface area (Å²) in [6.45, 7) is 0.770. The van der Waals surface area contributed by atoms with Gasteiger partial charge in [0.15, 0.2) is 0 Å². The molecule has 3 aromatic rings. The van der Waals surface area contributed by atoms with Crippen LogP contribution in [0.25, 0.3) is 10.9 Å². The number of nitro groups is 1. The number of hydrogen-bond donors (Lipinski definition) is 0. The van der Waals surface area contributed by atoms with E-state index in [4.69, 9.17) is 4.74 Å². The molecule has 2 aromatic heterocycles. The Bertz CT molecular complexity index is 1020. The van der Waals surface area contributed by atoms with E-state index in [1.807, 2.05) is 18.2 Å². The minimum absolute atomic E-state index is 0.0654. The summed E-state index contributed by atoms with van der Waals surface area (Å²) >= 11 is 0. The number of aromatic nitrogens is 2. The average Bonchev–Trinajstić information content (AvgIpc) is 3.14. The fourth-order valence-electron chi connectivity index (χ4n) is 2.92. The number of ether oxygens (including phenoxy) is 1. The van der Waals surface area contributed by atoms with Crippen molar-refractivity contribution >= 4 is 28.4 Å². The van der Waals surface area contributed by atoms with Crippen molar-refractivity contribution in [3.8, 4) is 5.75 Å². The number of carbonyl (C=O) groups is 1. The number of rotatable bonds is 6. The Labute approximate surface area is 161 Å². The normalized spacial score (nSPS) is 10.7. The molecular formula is C19H21N5O4. The Kier molecular flexibility index (Phi) is 5.44. The molecule has 0 unspecified atom stereocenters. The lowest BCUT2D eigenvalue weighted by Gasteiger charge is -2.23. The van der Waals surface area contributed by atoms with Crippen molar-refractivity contribution < 1.29 is 14.5 Å². The van der Waals surface area contributed by atoms with Gasteiger partial charge in [-0.25, -0.2) is 9.78 Å². The summed E-state index contributed by atoms with van der Waals surface area (Å²) < 4.78 is 6.78. The monoisotopic (exact) mass is 383 g/mol. The van der Waals surface area contributed by atoms with Gasteiger partial charge in [-0.1, -0.05) is 0 Å². The minimum atomic E-state index is -0.464. The maximum atomic E-state index is 12.8. The molecule has 0 saturated carbocycles. The molecule has 0 bridgehead atoms. The third-order valence-electron chi connectivity index (χ3n) is 4.53. The van der Waals surface area contributed by atoms with Gasteiger partial charge in [0.2, 0.25) is 5.82 Å². The minimum Gasteiger partial charge on any atom is -0.497 e. The zero-order chi connectivity index (χ0) is 20.3. The fraction of sp³-hybridized carbons (Fsp3) is 0.263. The van der Waals surface area contributed by atoms with Crippen molar-refractivity contribution in [2.24, 2.45) is 0 Å². The Morgan fingerprint density at radius 3 is 2.75 bits per heavy atom. The molecule has 0 aliphatic rings. The highest BCUT2D eigenvalue weighted by Gasteiger charge is 2.19. The zero-order valence-electron chi connectivity index (χ0n) is 15.9. The summed E-state index contributed by atoms with van der Waals surface area (Å²) in [6.07, 6.45) is 3.23. The van der Waals surface area contributed by atoms with Crippen molar-refractivity contribution in [1.82, 2.24) is 14.5 Å². The molecule has 0 radical (unpaired) electrons. The van der Waals surface area contributed by atoms with Crippen LogP contribution in [0.3, 0.4) is 0 Å². The molecule has 0 saturated heterocycles. The van der Waals surface area contributed by atoms with Crippen molar-refractivity contribution in [2.45, 2.75) is 0 Å². The van der Waals surface area contributed by atoms with Crippen molar-refractivity contribution in [1.29, 1.82) is 0 Å². The molecule has 0 spiro atoms. The van der Waals surface area contributed by atoms with Crippen LogP contribution >= 0.6 is 0 Å². The van der Waals surface area contributed by atoms with Crippen LogP contribution in [0.1, 0.15) is 0 Å². The SMILES string of the molecule is COc1ccc2c(ccn2C(=O)N(C)CCN(C)c2ncccc2[N+](=O)[O-])c1. The molecule has 1 amide bonds. The number of benzene rings is 1. The molecule has 9 heteroatoms. The average molecular weight is 383 g/mol. The van der Waals surface area contributed by atoms with Crippen LogP contribution in [0.2, 0.25) is 0 Å². The van der Waals surface area contributed by atoms with Crippen LogP contribution in [-0.4, -0.2) is 59.7 Å². The lowest BCUT2D eigenvalue weighted by atomic mass is 10.2. The van der Waals surface area contributed by atoms with Crippen LogP contribution in [-0.2, 0) is 0 Å². The van der Waals surface area contributed by atoms with Gasteiger partial charge >= 0.3 is 11.7 Å².